The zero-order chi connectivity index (χ0) is 18.5. The molecule has 1 aromatic heterocycles. The molecule has 1 aliphatic heterocycles. The van der Waals surface area contributed by atoms with Crippen molar-refractivity contribution in [3.8, 4) is 0 Å². The van der Waals surface area contributed by atoms with Crippen molar-refractivity contribution in [2.75, 3.05) is 20.1 Å². The van der Waals surface area contributed by atoms with Gasteiger partial charge in [-0.2, -0.15) is 0 Å². The van der Waals surface area contributed by atoms with Gasteiger partial charge in [-0.15, -0.1) is 0 Å². The van der Waals surface area contributed by atoms with E-state index in [1.54, 1.807) is 12.4 Å². The lowest BCUT2D eigenvalue weighted by molar-refractivity contribution is -0.127. The highest BCUT2D eigenvalue weighted by atomic mass is 16.3. The van der Waals surface area contributed by atoms with Gasteiger partial charge >= 0.3 is 0 Å². The summed E-state index contributed by atoms with van der Waals surface area (Å²) in [6.45, 7) is 4.48. The van der Waals surface area contributed by atoms with Crippen LogP contribution >= 0.6 is 0 Å². The first-order valence-corrected chi connectivity index (χ1v) is 9.69. The molecule has 3 atom stereocenters. The van der Waals surface area contributed by atoms with Crippen LogP contribution in [0, 0.1) is 12.8 Å². The van der Waals surface area contributed by atoms with Gasteiger partial charge in [-0.3, -0.25) is 14.8 Å². The van der Waals surface area contributed by atoms with Crippen molar-refractivity contribution >= 4 is 5.91 Å². The minimum atomic E-state index is -0.460. The van der Waals surface area contributed by atoms with E-state index in [0.717, 1.165) is 50.2 Å². The van der Waals surface area contributed by atoms with Crippen molar-refractivity contribution < 1.29 is 9.90 Å². The molecule has 1 amide bonds. The summed E-state index contributed by atoms with van der Waals surface area (Å²) in [5.74, 6) is -0.122. The Labute approximate surface area is 155 Å². The van der Waals surface area contributed by atoms with E-state index in [4.69, 9.17) is 0 Å². The zero-order valence-corrected chi connectivity index (χ0v) is 15.8. The highest BCUT2D eigenvalue weighted by Crippen LogP contribution is 2.26. The number of aliphatic hydroxyl groups is 1. The van der Waals surface area contributed by atoms with Crippen LogP contribution in [0.2, 0.25) is 0 Å². The van der Waals surface area contributed by atoms with E-state index >= 15 is 0 Å². The number of nitrogens with zero attached hydrogens (tertiary/aromatic N) is 3. The number of nitrogens with one attached hydrogen (secondary N) is 2. The van der Waals surface area contributed by atoms with Gasteiger partial charge in [-0.25, -0.2) is 0 Å². The maximum absolute atomic E-state index is 12.4. The molecule has 2 aliphatic rings. The number of aryl methyl sites for hydroxylation is 1. The van der Waals surface area contributed by atoms with Gasteiger partial charge in [0.2, 0.25) is 5.91 Å². The fourth-order valence-corrected chi connectivity index (χ4v) is 3.89. The van der Waals surface area contributed by atoms with Gasteiger partial charge in [0.05, 0.1) is 30.2 Å². The van der Waals surface area contributed by atoms with E-state index in [0.29, 0.717) is 19.0 Å². The predicted octanol–water partition coefficient (Wildman–Crippen LogP) is 0.615. The summed E-state index contributed by atoms with van der Waals surface area (Å²) in [4.78, 5) is 23.2. The van der Waals surface area contributed by atoms with Crippen molar-refractivity contribution in [3.05, 3.63) is 23.8 Å². The third kappa shape index (κ3) is 5.22. The number of likely N-dealkylation sites (tertiary alicyclic amines) is 1. The van der Waals surface area contributed by atoms with E-state index in [1.165, 1.54) is 0 Å². The van der Waals surface area contributed by atoms with Crippen LogP contribution in [0.25, 0.3) is 0 Å². The Balaban J connectivity index is 1.42. The Hall–Kier alpha value is -1.57. The Bertz CT molecular complexity index is 586. The maximum Gasteiger partial charge on any atom is 0.223 e. The molecule has 0 radical (unpaired) electrons. The van der Waals surface area contributed by atoms with Crippen LogP contribution in [-0.4, -0.2) is 64.2 Å². The monoisotopic (exact) mass is 361 g/mol. The molecule has 144 valence electrons. The van der Waals surface area contributed by atoms with Crippen LogP contribution in [-0.2, 0) is 11.3 Å². The van der Waals surface area contributed by atoms with Gasteiger partial charge in [0.25, 0.3) is 0 Å². The summed E-state index contributed by atoms with van der Waals surface area (Å²) in [6, 6.07) is 0.590. The molecule has 7 heteroatoms. The topological polar surface area (TPSA) is 90.4 Å². The second-order valence-electron chi connectivity index (χ2n) is 7.79. The third-order valence-corrected chi connectivity index (χ3v) is 5.63. The van der Waals surface area contributed by atoms with Crippen LogP contribution in [0.3, 0.4) is 0 Å². The van der Waals surface area contributed by atoms with Crippen LogP contribution in [0.5, 0.6) is 0 Å². The number of carbonyl (C=O) groups excluding carboxylic acids is 1. The van der Waals surface area contributed by atoms with E-state index < -0.39 is 6.10 Å². The highest BCUT2D eigenvalue weighted by molar-refractivity contribution is 5.78. The zero-order valence-electron chi connectivity index (χ0n) is 15.8. The van der Waals surface area contributed by atoms with Crippen LogP contribution in [0.15, 0.2) is 12.4 Å². The molecule has 26 heavy (non-hydrogen) atoms. The molecule has 7 nitrogen and oxygen atoms in total. The number of aliphatic hydroxyl groups excluding tert-OH is 1. The van der Waals surface area contributed by atoms with Gasteiger partial charge in [0, 0.05) is 24.2 Å². The molecule has 1 saturated heterocycles. The lowest BCUT2D eigenvalue weighted by Crippen LogP contribution is -2.52. The Kier molecular flexibility index (Phi) is 6.56. The molecule has 0 aromatic carbocycles. The molecule has 0 spiro atoms. The fraction of sp³-hybridized carbons (Fsp3) is 0.737. The standard InChI is InChI=1S/C19H31N5O2/c1-13-10-21-16(11-20-13)12-22-19(26)14-3-4-17(18(25)9-14)23-15-5-7-24(2)8-6-15/h10-11,14-15,17-18,23,25H,3-9,12H2,1-2H3,(H,22,26)/t14-,17-,18-/m0/s1. The van der Waals surface area contributed by atoms with Gasteiger partial charge < -0.3 is 20.6 Å². The molecular weight excluding hydrogens is 330 g/mol. The number of hydrogen-bond acceptors (Lipinski definition) is 6. The van der Waals surface area contributed by atoms with Gasteiger partial charge in [0.1, 0.15) is 0 Å². The first-order chi connectivity index (χ1) is 12.5. The van der Waals surface area contributed by atoms with E-state index in [9.17, 15) is 9.90 Å². The van der Waals surface area contributed by atoms with Crippen molar-refractivity contribution in [2.45, 2.75) is 63.8 Å². The number of piperidine rings is 1. The van der Waals surface area contributed by atoms with Gasteiger partial charge in [-0.1, -0.05) is 0 Å². The van der Waals surface area contributed by atoms with Crippen molar-refractivity contribution in [1.82, 2.24) is 25.5 Å². The first-order valence-electron chi connectivity index (χ1n) is 9.69. The largest absolute Gasteiger partial charge is 0.391 e. The number of carbonyl (C=O) groups is 1. The van der Waals surface area contributed by atoms with Gasteiger partial charge in [-0.05, 0) is 59.2 Å². The third-order valence-electron chi connectivity index (χ3n) is 5.63. The SMILES string of the molecule is Cc1cnc(CNC(=O)[C@H]2CC[C@H](NC3CCN(C)CC3)[C@@H](O)C2)cn1. The number of hydrogen-bond donors (Lipinski definition) is 3. The summed E-state index contributed by atoms with van der Waals surface area (Å²) in [7, 11) is 2.15. The van der Waals surface area contributed by atoms with Crippen molar-refractivity contribution in [1.29, 1.82) is 0 Å². The molecule has 2 heterocycles. The summed E-state index contributed by atoms with van der Waals surface area (Å²) in [5, 5.41) is 17.1. The maximum atomic E-state index is 12.4. The number of rotatable bonds is 5. The predicted molar refractivity (Wildman–Crippen MR) is 99.4 cm³/mol. The number of amides is 1. The van der Waals surface area contributed by atoms with E-state index in [2.05, 4.69) is 32.5 Å². The Morgan fingerprint density at radius 1 is 1.23 bits per heavy atom. The molecule has 0 unspecified atom stereocenters. The Morgan fingerprint density at radius 2 is 2.00 bits per heavy atom. The first kappa shape index (κ1) is 19.2. The Morgan fingerprint density at radius 3 is 2.65 bits per heavy atom. The summed E-state index contributed by atoms with van der Waals surface area (Å²) < 4.78 is 0. The molecule has 1 aromatic rings. The summed E-state index contributed by atoms with van der Waals surface area (Å²) in [6.07, 6.45) is 7.36. The average molecular weight is 361 g/mol. The number of aromatic nitrogens is 2. The second-order valence-corrected chi connectivity index (χ2v) is 7.79. The fourth-order valence-electron chi connectivity index (χ4n) is 3.89. The van der Waals surface area contributed by atoms with Crippen LogP contribution in [0.1, 0.15) is 43.5 Å². The minimum absolute atomic E-state index is 0.00386. The quantitative estimate of drug-likeness (QED) is 0.712. The lowest BCUT2D eigenvalue weighted by Gasteiger charge is -2.38. The molecule has 1 aliphatic carbocycles. The summed E-state index contributed by atoms with van der Waals surface area (Å²) in [5.41, 5.74) is 1.61. The lowest BCUT2D eigenvalue weighted by atomic mass is 9.82. The molecule has 1 saturated carbocycles. The minimum Gasteiger partial charge on any atom is -0.391 e. The van der Waals surface area contributed by atoms with E-state index in [-0.39, 0.29) is 17.9 Å². The average Bonchev–Trinajstić information content (AvgIpc) is 2.64. The molecule has 3 N–H and O–H groups in total. The molecule has 2 fully saturated rings. The summed E-state index contributed by atoms with van der Waals surface area (Å²) >= 11 is 0. The van der Waals surface area contributed by atoms with Crippen molar-refractivity contribution in [3.63, 3.8) is 0 Å². The smallest absolute Gasteiger partial charge is 0.223 e. The van der Waals surface area contributed by atoms with Gasteiger partial charge in [0.15, 0.2) is 0 Å². The van der Waals surface area contributed by atoms with Crippen LogP contribution < -0.4 is 10.6 Å². The molecular formula is C19H31N5O2. The van der Waals surface area contributed by atoms with Crippen LogP contribution in [0.4, 0.5) is 0 Å². The normalized spacial score (nSPS) is 28.0. The highest BCUT2D eigenvalue weighted by Gasteiger charge is 2.34. The van der Waals surface area contributed by atoms with E-state index in [1.807, 2.05) is 6.92 Å². The second kappa shape index (κ2) is 8.88. The molecule has 3 rings (SSSR count). The molecule has 0 bridgehead atoms. The van der Waals surface area contributed by atoms with Crippen molar-refractivity contribution in [2.24, 2.45) is 5.92 Å².